The van der Waals surface area contributed by atoms with Gasteiger partial charge in [-0.2, -0.15) is 0 Å². The van der Waals surface area contributed by atoms with E-state index in [1.54, 1.807) is 31.6 Å². The molecule has 1 aromatic carbocycles. The predicted molar refractivity (Wildman–Crippen MR) is 131 cm³/mol. The number of methoxy groups -OCH3 is 1. The van der Waals surface area contributed by atoms with Crippen LogP contribution in [0.25, 0.3) is 16.9 Å². The summed E-state index contributed by atoms with van der Waals surface area (Å²) in [6, 6.07) is 11.4. The van der Waals surface area contributed by atoms with Crippen LogP contribution in [0.2, 0.25) is 5.02 Å². The monoisotopic (exact) mass is 479 g/mol. The molecule has 1 aliphatic rings. The van der Waals surface area contributed by atoms with Crippen LogP contribution in [0.3, 0.4) is 0 Å². The van der Waals surface area contributed by atoms with Crippen molar-refractivity contribution in [2.75, 3.05) is 25.1 Å². The van der Waals surface area contributed by atoms with Crippen molar-refractivity contribution in [2.45, 2.75) is 25.3 Å². The number of aliphatic hydroxyl groups excluding tert-OH is 2. The smallest absolute Gasteiger partial charge is 0.139 e. The Morgan fingerprint density at radius 2 is 2.00 bits per heavy atom. The Bertz CT molecular complexity index is 1300. The maximum atomic E-state index is 10.6. The number of hydrogen-bond donors (Lipinski definition) is 3. The van der Waals surface area contributed by atoms with E-state index >= 15 is 0 Å². The first-order valence-corrected chi connectivity index (χ1v) is 11.4. The second-order valence-electron chi connectivity index (χ2n) is 8.39. The Morgan fingerprint density at radius 3 is 2.76 bits per heavy atom. The van der Waals surface area contributed by atoms with Gasteiger partial charge in [0.15, 0.2) is 0 Å². The maximum Gasteiger partial charge on any atom is 0.139 e. The van der Waals surface area contributed by atoms with Gasteiger partial charge in [0.2, 0.25) is 0 Å². The molecular formula is C25H26ClN5O3. The standard InChI is InChI=1S/C25H26ClN5O3/c1-34-24-8-17(15-32)19(10-20(24)26)21-12-30-7-4-18(9-25(30)29-21)31-13-22(23(33)14-31)28-11-16-2-5-27-6-3-16/h2-10,12,22-23,28,32-33H,11,13-15H2,1H3/t22-,23-/m0/s1. The first-order valence-electron chi connectivity index (χ1n) is 11.1. The molecule has 4 heterocycles. The lowest BCUT2D eigenvalue weighted by molar-refractivity contribution is 0.163. The third-order valence-electron chi connectivity index (χ3n) is 6.24. The van der Waals surface area contributed by atoms with Gasteiger partial charge in [0, 0.05) is 61.7 Å². The maximum absolute atomic E-state index is 10.6. The number of aromatic nitrogens is 3. The number of anilines is 1. The molecule has 3 aromatic heterocycles. The average molecular weight is 480 g/mol. The predicted octanol–water partition coefficient (Wildman–Crippen LogP) is 2.89. The fraction of sp³-hybridized carbons (Fsp3) is 0.280. The molecule has 8 nitrogen and oxygen atoms in total. The molecule has 9 heteroatoms. The van der Waals surface area contributed by atoms with E-state index in [0.717, 1.165) is 22.5 Å². The van der Waals surface area contributed by atoms with Gasteiger partial charge in [0.05, 0.1) is 36.6 Å². The van der Waals surface area contributed by atoms with E-state index in [9.17, 15) is 10.2 Å². The third kappa shape index (κ3) is 4.45. The molecule has 0 bridgehead atoms. The number of benzene rings is 1. The van der Waals surface area contributed by atoms with Crippen molar-refractivity contribution in [3.63, 3.8) is 0 Å². The van der Waals surface area contributed by atoms with E-state index in [4.69, 9.17) is 21.3 Å². The highest BCUT2D eigenvalue weighted by Gasteiger charge is 2.31. The number of nitrogens with one attached hydrogen (secondary N) is 1. The van der Waals surface area contributed by atoms with Crippen molar-refractivity contribution in [1.29, 1.82) is 0 Å². The van der Waals surface area contributed by atoms with E-state index in [2.05, 4.69) is 15.2 Å². The number of imidazole rings is 1. The highest BCUT2D eigenvalue weighted by atomic mass is 35.5. The Morgan fingerprint density at radius 1 is 1.18 bits per heavy atom. The van der Waals surface area contributed by atoms with Crippen LogP contribution in [-0.2, 0) is 13.2 Å². The molecule has 0 aliphatic carbocycles. The summed E-state index contributed by atoms with van der Waals surface area (Å²) >= 11 is 6.33. The van der Waals surface area contributed by atoms with Gasteiger partial charge in [-0.05, 0) is 41.5 Å². The Hall–Kier alpha value is -3.17. The molecule has 0 unspecified atom stereocenters. The van der Waals surface area contributed by atoms with Gasteiger partial charge in [0.25, 0.3) is 0 Å². The molecule has 1 saturated heterocycles. The second-order valence-corrected chi connectivity index (χ2v) is 8.80. The van der Waals surface area contributed by atoms with E-state index < -0.39 is 6.10 Å². The van der Waals surface area contributed by atoms with Crippen molar-refractivity contribution in [3.8, 4) is 17.0 Å². The van der Waals surface area contributed by atoms with Crippen molar-refractivity contribution in [1.82, 2.24) is 19.7 Å². The van der Waals surface area contributed by atoms with Crippen LogP contribution < -0.4 is 15.0 Å². The minimum absolute atomic E-state index is 0.0340. The first kappa shape index (κ1) is 22.6. The summed E-state index contributed by atoms with van der Waals surface area (Å²) in [4.78, 5) is 11.0. The number of halogens is 1. The van der Waals surface area contributed by atoms with Crippen LogP contribution in [0.5, 0.6) is 5.75 Å². The number of fused-ring (bicyclic) bond motifs is 1. The summed E-state index contributed by atoms with van der Waals surface area (Å²) < 4.78 is 7.20. The third-order valence-corrected chi connectivity index (χ3v) is 6.53. The highest BCUT2D eigenvalue weighted by molar-refractivity contribution is 6.32. The average Bonchev–Trinajstić information content (AvgIpc) is 3.46. The lowest BCUT2D eigenvalue weighted by Crippen LogP contribution is -2.38. The molecule has 34 heavy (non-hydrogen) atoms. The van der Waals surface area contributed by atoms with Crippen LogP contribution in [0.15, 0.2) is 61.2 Å². The summed E-state index contributed by atoms with van der Waals surface area (Å²) in [5, 5.41) is 24.4. The summed E-state index contributed by atoms with van der Waals surface area (Å²) in [7, 11) is 1.54. The highest BCUT2D eigenvalue weighted by Crippen LogP contribution is 2.34. The topological polar surface area (TPSA) is 95.2 Å². The van der Waals surface area contributed by atoms with Crippen LogP contribution in [0.4, 0.5) is 5.69 Å². The van der Waals surface area contributed by atoms with Gasteiger partial charge in [-0.15, -0.1) is 0 Å². The molecule has 2 atom stereocenters. The molecule has 0 radical (unpaired) electrons. The zero-order valence-corrected chi connectivity index (χ0v) is 19.5. The van der Waals surface area contributed by atoms with E-state index in [0.29, 0.717) is 41.7 Å². The number of aliphatic hydroxyl groups is 2. The molecule has 5 rings (SSSR count). The normalized spacial score (nSPS) is 18.1. The lowest BCUT2D eigenvalue weighted by Gasteiger charge is -2.18. The second kappa shape index (κ2) is 9.60. The van der Waals surface area contributed by atoms with Gasteiger partial charge in [-0.1, -0.05) is 11.6 Å². The van der Waals surface area contributed by atoms with Gasteiger partial charge in [-0.25, -0.2) is 4.98 Å². The Kier molecular flexibility index (Phi) is 6.38. The zero-order chi connectivity index (χ0) is 23.7. The first-order chi connectivity index (χ1) is 16.6. The van der Waals surface area contributed by atoms with Crippen LogP contribution in [-0.4, -0.2) is 56.9 Å². The number of pyridine rings is 2. The molecule has 1 fully saturated rings. The molecule has 0 amide bonds. The molecule has 3 N–H and O–H groups in total. The van der Waals surface area contributed by atoms with Gasteiger partial charge >= 0.3 is 0 Å². The summed E-state index contributed by atoms with van der Waals surface area (Å²) in [6.45, 7) is 1.76. The number of rotatable bonds is 7. The van der Waals surface area contributed by atoms with Crippen LogP contribution >= 0.6 is 11.6 Å². The van der Waals surface area contributed by atoms with Gasteiger partial charge in [-0.3, -0.25) is 4.98 Å². The largest absolute Gasteiger partial charge is 0.495 e. The Balaban J connectivity index is 1.36. The summed E-state index contributed by atoms with van der Waals surface area (Å²) in [5.74, 6) is 0.514. The van der Waals surface area contributed by atoms with Crippen LogP contribution in [0.1, 0.15) is 11.1 Å². The molecule has 0 spiro atoms. The summed E-state index contributed by atoms with van der Waals surface area (Å²) in [6.07, 6.45) is 6.93. The molecule has 4 aromatic rings. The molecule has 1 aliphatic heterocycles. The molecular weight excluding hydrogens is 454 g/mol. The van der Waals surface area contributed by atoms with Crippen molar-refractivity contribution in [3.05, 3.63) is 77.3 Å². The van der Waals surface area contributed by atoms with Crippen molar-refractivity contribution in [2.24, 2.45) is 0 Å². The van der Waals surface area contributed by atoms with Crippen molar-refractivity contribution < 1.29 is 14.9 Å². The molecule has 0 saturated carbocycles. The van der Waals surface area contributed by atoms with Crippen LogP contribution in [0, 0.1) is 0 Å². The fourth-order valence-electron chi connectivity index (χ4n) is 4.37. The summed E-state index contributed by atoms with van der Waals surface area (Å²) in [5.41, 5.74) is 5.06. The zero-order valence-electron chi connectivity index (χ0n) is 18.7. The number of nitrogens with zero attached hydrogens (tertiary/aromatic N) is 4. The van der Waals surface area contributed by atoms with Gasteiger partial charge in [0.1, 0.15) is 11.4 Å². The number of β-amino-alcohol motifs (C(OH)–C–C–N with tert-alkyl or cyclic N) is 1. The van der Waals surface area contributed by atoms with E-state index in [1.807, 2.05) is 41.1 Å². The minimum Gasteiger partial charge on any atom is -0.495 e. The Labute approximate surface area is 202 Å². The fourth-order valence-corrected chi connectivity index (χ4v) is 4.61. The van der Waals surface area contributed by atoms with E-state index in [-0.39, 0.29) is 12.6 Å². The SMILES string of the molecule is COc1cc(CO)c(-c2cn3ccc(N4C[C@H](NCc5ccncc5)[C@@H](O)C4)cc3n2)cc1Cl. The van der Waals surface area contributed by atoms with E-state index in [1.165, 1.54) is 0 Å². The number of ether oxygens (including phenoxy) is 1. The minimum atomic E-state index is -0.470. The van der Waals surface area contributed by atoms with Crippen molar-refractivity contribution >= 4 is 22.9 Å². The number of hydrogen-bond acceptors (Lipinski definition) is 7. The lowest BCUT2D eigenvalue weighted by atomic mass is 10.1. The van der Waals surface area contributed by atoms with Gasteiger partial charge < -0.3 is 29.6 Å². The quantitative estimate of drug-likeness (QED) is 0.375. The molecule has 176 valence electrons.